The van der Waals surface area contributed by atoms with E-state index in [0.717, 1.165) is 25.6 Å². The van der Waals surface area contributed by atoms with E-state index in [9.17, 15) is 4.79 Å². The summed E-state index contributed by atoms with van der Waals surface area (Å²) in [5.41, 5.74) is 4.38. The number of carbonyl (C=O) groups is 1. The first kappa shape index (κ1) is 15.0. The molecule has 1 heterocycles. The van der Waals surface area contributed by atoms with Gasteiger partial charge in [-0.15, -0.1) is 0 Å². The highest BCUT2D eigenvalue weighted by molar-refractivity contribution is 5.93. The van der Waals surface area contributed by atoms with Crippen LogP contribution in [-0.4, -0.2) is 23.9 Å². The normalized spacial score (nSPS) is 20.1. The maximum absolute atomic E-state index is 11.4. The summed E-state index contributed by atoms with van der Waals surface area (Å²) in [6.07, 6.45) is 1.27. The van der Waals surface area contributed by atoms with Crippen molar-refractivity contribution in [1.82, 2.24) is 10.3 Å². The molecule has 1 fully saturated rings. The van der Waals surface area contributed by atoms with Crippen LogP contribution in [0.3, 0.4) is 0 Å². The molecule has 20 heavy (non-hydrogen) atoms. The molecule has 4 heteroatoms. The average Bonchev–Trinajstić information content (AvgIpc) is 2.87. The molecule has 1 aromatic carbocycles. The topological polar surface area (TPSA) is 58.4 Å². The molecule has 1 saturated heterocycles. The molecule has 2 rings (SSSR count). The maximum atomic E-state index is 11.4. The summed E-state index contributed by atoms with van der Waals surface area (Å²) >= 11 is 0. The van der Waals surface area contributed by atoms with Crippen molar-refractivity contribution in [3.8, 4) is 0 Å². The molecule has 0 aromatic heterocycles. The van der Waals surface area contributed by atoms with Gasteiger partial charge in [-0.3, -0.25) is 15.1 Å². The van der Waals surface area contributed by atoms with Crippen molar-refractivity contribution < 1.29 is 4.79 Å². The minimum atomic E-state index is -0.245. The number of likely N-dealkylation sites (tertiary alicyclic amines) is 1. The van der Waals surface area contributed by atoms with E-state index in [4.69, 9.17) is 5.84 Å². The van der Waals surface area contributed by atoms with Gasteiger partial charge in [-0.2, -0.15) is 0 Å². The van der Waals surface area contributed by atoms with Gasteiger partial charge < -0.3 is 0 Å². The molecule has 1 amide bonds. The highest BCUT2D eigenvalue weighted by Crippen LogP contribution is 2.34. The number of nitrogens with zero attached hydrogens (tertiary/aromatic N) is 1. The molecule has 0 saturated carbocycles. The monoisotopic (exact) mass is 275 g/mol. The molecule has 1 unspecified atom stereocenters. The number of benzene rings is 1. The van der Waals surface area contributed by atoms with E-state index in [0.29, 0.717) is 11.0 Å². The van der Waals surface area contributed by atoms with Gasteiger partial charge in [0.25, 0.3) is 5.91 Å². The van der Waals surface area contributed by atoms with Crippen molar-refractivity contribution in [2.75, 3.05) is 13.1 Å². The third-order valence-corrected chi connectivity index (χ3v) is 4.25. The SMILES string of the molecule is CC(C)(C)C1CCN(Cc2ccc(C(=O)NN)cc2)C1. The van der Waals surface area contributed by atoms with Crippen LogP contribution in [0.1, 0.15) is 43.1 Å². The lowest BCUT2D eigenvalue weighted by atomic mass is 9.80. The quantitative estimate of drug-likeness (QED) is 0.505. The summed E-state index contributed by atoms with van der Waals surface area (Å²) in [6.45, 7) is 10.2. The number of nitrogens with two attached hydrogens (primary N) is 1. The third kappa shape index (κ3) is 3.58. The number of amides is 1. The Labute approximate surface area is 121 Å². The zero-order valence-corrected chi connectivity index (χ0v) is 12.6. The molecule has 1 aliphatic heterocycles. The van der Waals surface area contributed by atoms with E-state index in [1.165, 1.54) is 12.0 Å². The molecule has 1 aromatic rings. The summed E-state index contributed by atoms with van der Waals surface area (Å²) in [6, 6.07) is 7.67. The standard InChI is InChI=1S/C16H25N3O/c1-16(2,3)14-8-9-19(11-14)10-12-4-6-13(7-5-12)15(20)18-17/h4-7,14H,8-11,17H2,1-3H3,(H,18,20). The number of hydrogen-bond donors (Lipinski definition) is 2. The lowest BCUT2D eigenvalue weighted by Crippen LogP contribution is -2.30. The summed E-state index contributed by atoms with van der Waals surface area (Å²) in [4.78, 5) is 13.9. The Morgan fingerprint density at radius 3 is 2.50 bits per heavy atom. The van der Waals surface area contributed by atoms with E-state index >= 15 is 0 Å². The van der Waals surface area contributed by atoms with Crippen LogP contribution in [0, 0.1) is 11.3 Å². The molecular formula is C16H25N3O. The lowest BCUT2D eigenvalue weighted by Gasteiger charge is -2.27. The van der Waals surface area contributed by atoms with Crippen LogP contribution in [-0.2, 0) is 6.54 Å². The molecule has 4 nitrogen and oxygen atoms in total. The molecule has 0 spiro atoms. The van der Waals surface area contributed by atoms with Crippen molar-refractivity contribution in [3.05, 3.63) is 35.4 Å². The minimum Gasteiger partial charge on any atom is -0.299 e. The highest BCUT2D eigenvalue weighted by Gasteiger charge is 2.31. The molecule has 1 atom stereocenters. The summed E-state index contributed by atoms with van der Waals surface area (Å²) in [5.74, 6) is 5.65. The fourth-order valence-electron chi connectivity index (χ4n) is 2.79. The lowest BCUT2D eigenvalue weighted by molar-refractivity contribution is 0.0953. The summed E-state index contributed by atoms with van der Waals surface area (Å²) in [5, 5.41) is 0. The predicted molar refractivity (Wildman–Crippen MR) is 80.9 cm³/mol. The molecule has 3 N–H and O–H groups in total. The van der Waals surface area contributed by atoms with E-state index in [1.54, 1.807) is 0 Å². The number of carbonyl (C=O) groups excluding carboxylic acids is 1. The Morgan fingerprint density at radius 1 is 1.35 bits per heavy atom. The second kappa shape index (κ2) is 5.94. The zero-order valence-electron chi connectivity index (χ0n) is 12.6. The van der Waals surface area contributed by atoms with E-state index in [1.807, 2.05) is 24.3 Å². The Balaban J connectivity index is 1.93. The molecular weight excluding hydrogens is 250 g/mol. The van der Waals surface area contributed by atoms with Crippen molar-refractivity contribution >= 4 is 5.91 Å². The largest absolute Gasteiger partial charge is 0.299 e. The molecule has 0 aliphatic carbocycles. The van der Waals surface area contributed by atoms with Gasteiger partial charge in [0.1, 0.15) is 0 Å². The summed E-state index contributed by atoms with van der Waals surface area (Å²) in [7, 11) is 0. The minimum absolute atomic E-state index is 0.245. The first-order valence-corrected chi connectivity index (χ1v) is 7.22. The van der Waals surface area contributed by atoms with Crippen LogP contribution in [0.15, 0.2) is 24.3 Å². The van der Waals surface area contributed by atoms with Gasteiger partial charge in [0.2, 0.25) is 0 Å². The smallest absolute Gasteiger partial charge is 0.265 e. The van der Waals surface area contributed by atoms with E-state index in [2.05, 4.69) is 31.1 Å². The van der Waals surface area contributed by atoms with Gasteiger partial charge in [0.05, 0.1) is 0 Å². The predicted octanol–water partition coefficient (Wildman–Crippen LogP) is 2.16. The van der Waals surface area contributed by atoms with Crippen molar-refractivity contribution in [2.45, 2.75) is 33.7 Å². The van der Waals surface area contributed by atoms with Gasteiger partial charge in [-0.25, -0.2) is 5.84 Å². The number of hydrazine groups is 1. The van der Waals surface area contributed by atoms with Crippen LogP contribution < -0.4 is 11.3 Å². The molecule has 0 bridgehead atoms. The van der Waals surface area contributed by atoms with Crippen molar-refractivity contribution in [1.29, 1.82) is 0 Å². The number of nitrogens with one attached hydrogen (secondary N) is 1. The fourth-order valence-corrected chi connectivity index (χ4v) is 2.79. The Morgan fingerprint density at radius 2 is 2.00 bits per heavy atom. The number of rotatable bonds is 3. The third-order valence-electron chi connectivity index (χ3n) is 4.25. The van der Waals surface area contributed by atoms with Gasteiger partial charge in [-0.1, -0.05) is 32.9 Å². The Hall–Kier alpha value is -1.39. The second-order valence-corrected chi connectivity index (χ2v) is 6.76. The Bertz CT molecular complexity index is 462. The molecule has 110 valence electrons. The number of nitrogen functional groups attached to an aromatic ring is 1. The van der Waals surface area contributed by atoms with Crippen molar-refractivity contribution in [2.24, 2.45) is 17.2 Å². The van der Waals surface area contributed by atoms with Crippen LogP contribution in [0.25, 0.3) is 0 Å². The molecule has 0 radical (unpaired) electrons. The van der Waals surface area contributed by atoms with Gasteiger partial charge in [0, 0.05) is 18.7 Å². The first-order chi connectivity index (χ1) is 9.40. The van der Waals surface area contributed by atoms with E-state index < -0.39 is 0 Å². The molecule has 1 aliphatic rings. The first-order valence-electron chi connectivity index (χ1n) is 7.22. The highest BCUT2D eigenvalue weighted by atomic mass is 16.2. The van der Waals surface area contributed by atoms with Gasteiger partial charge >= 0.3 is 0 Å². The van der Waals surface area contributed by atoms with Crippen LogP contribution >= 0.6 is 0 Å². The summed E-state index contributed by atoms with van der Waals surface area (Å²) < 4.78 is 0. The van der Waals surface area contributed by atoms with Crippen LogP contribution in [0.5, 0.6) is 0 Å². The van der Waals surface area contributed by atoms with Crippen molar-refractivity contribution in [3.63, 3.8) is 0 Å². The van der Waals surface area contributed by atoms with Gasteiger partial charge in [0.15, 0.2) is 0 Å². The number of hydrogen-bond acceptors (Lipinski definition) is 3. The zero-order chi connectivity index (χ0) is 14.8. The van der Waals surface area contributed by atoms with Gasteiger partial charge in [-0.05, 0) is 42.0 Å². The van der Waals surface area contributed by atoms with Crippen LogP contribution in [0.4, 0.5) is 0 Å². The second-order valence-electron chi connectivity index (χ2n) is 6.76. The van der Waals surface area contributed by atoms with E-state index in [-0.39, 0.29) is 5.91 Å². The van der Waals surface area contributed by atoms with Crippen LogP contribution in [0.2, 0.25) is 0 Å². The average molecular weight is 275 g/mol. The Kier molecular flexibility index (Phi) is 4.45. The fraction of sp³-hybridized carbons (Fsp3) is 0.562. The maximum Gasteiger partial charge on any atom is 0.265 e.